The van der Waals surface area contributed by atoms with Crippen molar-refractivity contribution in [3.8, 4) is 5.75 Å². The zero-order valence-electron chi connectivity index (χ0n) is 30.2. The lowest BCUT2D eigenvalue weighted by Crippen LogP contribution is -2.45. The average Bonchev–Trinajstić information content (AvgIpc) is 3.57. The van der Waals surface area contributed by atoms with E-state index in [1.807, 2.05) is 42.5 Å². The quantitative estimate of drug-likeness (QED) is 0.0805. The molecule has 3 aliphatic heterocycles. The molecule has 4 aromatic rings. The number of halogens is 1. The van der Waals surface area contributed by atoms with Crippen LogP contribution in [-0.4, -0.2) is 66.9 Å². The third kappa shape index (κ3) is 6.54. The molecule has 7 rings (SSSR count). The molecule has 14 heteroatoms. The number of nitro groups is 1. The van der Waals surface area contributed by atoms with Crippen molar-refractivity contribution in [2.45, 2.75) is 56.8 Å². The second-order valence-corrected chi connectivity index (χ2v) is 18.3. The molecule has 1 saturated heterocycles. The number of benzene rings is 4. The number of nitrogens with zero attached hydrogens (tertiary/aromatic N) is 4. The highest BCUT2D eigenvalue weighted by Gasteiger charge is 2.67. The van der Waals surface area contributed by atoms with Crippen molar-refractivity contribution in [1.29, 1.82) is 0 Å². The van der Waals surface area contributed by atoms with Crippen molar-refractivity contribution in [2.24, 2.45) is 5.92 Å². The first-order valence-electron chi connectivity index (χ1n) is 17.9. The van der Waals surface area contributed by atoms with E-state index in [0.29, 0.717) is 28.4 Å². The summed E-state index contributed by atoms with van der Waals surface area (Å²) in [7, 11) is -3.67. The number of aliphatic hydroxyl groups is 1. The molecule has 4 atom stereocenters. The fourth-order valence-corrected chi connectivity index (χ4v) is 10.8. The maximum atomic E-state index is 16.5. The number of para-hydroxylation sites is 2. The molecule has 1 fully saturated rings. The predicted molar refractivity (Wildman–Crippen MR) is 201 cm³/mol. The molecule has 54 heavy (non-hydrogen) atoms. The predicted octanol–water partition coefficient (Wildman–Crippen LogP) is 6.38. The molecule has 0 aromatic heterocycles. The molecule has 0 radical (unpaired) electrons. The van der Waals surface area contributed by atoms with Gasteiger partial charge in [0, 0.05) is 47.9 Å². The fourth-order valence-electron chi connectivity index (χ4n) is 8.34. The van der Waals surface area contributed by atoms with Crippen LogP contribution in [-0.2, 0) is 37.8 Å². The van der Waals surface area contributed by atoms with Crippen molar-refractivity contribution in [3.05, 3.63) is 124 Å². The Balaban J connectivity index is 1.21. The van der Waals surface area contributed by atoms with Crippen molar-refractivity contribution in [3.63, 3.8) is 0 Å². The fraction of sp³-hybridized carbons (Fsp3) is 0.325. The van der Waals surface area contributed by atoms with Gasteiger partial charge in [-0.15, -0.1) is 0 Å². The Morgan fingerprint density at radius 2 is 1.70 bits per heavy atom. The Bertz CT molecular complexity index is 2100. The number of hydrogen-bond acceptors (Lipinski definition) is 8. The van der Waals surface area contributed by atoms with E-state index in [-0.39, 0.29) is 62.3 Å². The van der Waals surface area contributed by atoms with Gasteiger partial charge in [-0.1, -0.05) is 61.5 Å². The molecule has 0 aliphatic carbocycles. The largest absolute Gasteiger partial charge is 0.482 e. The highest BCUT2D eigenvalue weighted by molar-refractivity contribution is 6.72. The first kappa shape index (κ1) is 36.9. The highest BCUT2D eigenvalue weighted by Crippen LogP contribution is 2.60. The molecule has 12 nitrogen and oxygen atoms in total. The maximum Gasteiger partial charge on any atom is 0.269 e. The number of aliphatic hydroxyl groups excluding tert-OH is 1. The molecule has 4 aromatic carbocycles. The van der Waals surface area contributed by atoms with Gasteiger partial charge < -0.3 is 28.5 Å². The first-order chi connectivity index (χ1) is 25.8. The summed E-state index contributed by atoms with van der Waals surface area (Å²) >= 11 is 0. The van der Waals surface area contributed by atoms with E-state index in [1.165, 1.54) is 41.1 Å². The van der Waals surface area contributed by atoms with Gasteiger partial charge in [-0.25, -0.2) is 0 Å². The highest BCUT2D eigenvalue weighted by atomic mass is 28.4. The third-order valence-electron chi connectivity index (χ3n) is 10.7. The van der Waals surface area contributed by atoms with Gasteiger partial charge in [0.15, 0.2) is 12.2 Å². The second kappa shape index (κ2) is 14.4. The van der Waals surface area contributed by atoms with Crippen LogP contribution in [0.15, 0.2) is 97.1 Å². The summed E-state index contributed by atoms with van der Waals surface area (Å²) in [5.74, 6) is -1.30. The van der Waals surface area contributed by atoms with Crippen LogP contribution in [0.1, 0.15) is 30.0 Å². The third-order valence-corrected chi connectivity index (χ3v) is 13.2. The lowest BCUT2D eigenvalue weighted by molar-refractivity contribution is -0.385. The van der Waals surface area contributed by atoms with Gasteiger partial charge >= 0.3 is 0 Å². The smallest absolute Gasteiger partial charge is 0.269 e. The van der Waals surface area contributed by atoms with Gasteiger partial charge in [-0.3, -0.25) is 29.4 Å². The Kier molecular flexibility index (Phi) is 9.85. The number of anilines is 3. The molecule has 0 saturated carbocycles. The van der Waals surface area contributed by atoms with Crippen LogP contribution in [0.3, 0.4) is 0 Å². The molecule has 3 aliphatic rings. The lowest BCUT2D eigenvalue weighted by atomic mass is 9.82. The minimum atomic E-state index is -3.67. The first-order valence-corrected chi connectivity index (χ1v) is 20.8. The molecule has 0 bridgehead atoms. The summed E-state index contributed by atoms with van der Waals surface area (Å²) in [6.45, 7) is 4.72. The van der Waals surface area contributed by atoms with Gasteiger partial charge in [0.1, 0.15) is 5.75 Å². The average molecular weight is 753 g/mol. The van der Waals surface area contributed by atoms with E-state index in [4.69, 9.17) is 9.47 Å². The standard InChI is InChI=1S/C40H41FN4O8Si/c1-26-38(54(2,3)41)35(22-36(47)42(19-20-46)23-27-9-5-4-6-10-27)53-40(26)31-21-30(45(50)51)17-18-32(31)43(39(40)49)24-28-13-15-29(16-14-28)44-33-11-7-8-12-34(33)52-25-37(44)48/h4-18,21,26,35,38,46H,19-20,22-25H2,1-3H3/t26-,35+,38-,40+/m1/s1. The normalized spacial score (nSPS) is 21.9. The van der Waals surface area contributed by atoms with E-state index in [2.05, 4.69) is 0 Å². The number of ether oxygens (including phenoxy) is 2. The lowest BCUT2D eigenvalue weighted by Gasteiger charge is -2.31. The van der Waals surface area contributed by atoms with Gasteiger partial charge in [0.05, 0.1) is 42.0 Å². The number of fused-ring (bicyclic) bond motifs is 3. The van der Waals surface area contributed by atoms with Gasteiger partial charge in [-0.05, 0) is 54.6 Å². The van der Waals surface area contributed by atoms with Crippen molar-refractivity contribution < 1.29 is 38.0 Å². The van der Waals surface area contributed by atoms with Crippen molar-refractivity contribution in [2.75, 3.05) is 29.6 Å². The molecule has 0 unspecified atom stereocenters. The van der Waals surface area contributed by atoms with Crippen LogP contribution in [0.5, 0.6) is 5.75 Å². The number of hydrogen-bond donors (Lipinski definition) is 1. The van der Waals surface area contributed by atoms with Crippen LogP contribution >= 0.6 is 0 Å². The summed E-state index contributed by atoms with van der Waals surface area (Å²) < 4.78 is 28.8. The molecule has 280 valence electrons. The van der Waals surface area contributed by atoms with Gasteiger partial charge in [0.25, 0.3) is 17.5 Å². The number of nitro benzene ring substituents is 1. The molecule has 1 spiro atoms. The molecule has 1 N–H and O–H groups in total. The number of carbonyl (C=O) groups excluding carboxylic acids is 3. The molecule has 3 amide bonds. The summed E-state index contributed by atoms with van der Waals surface area (Å²) in [6.07, 6.45) is -1.26. The Labute approximate surface area is 313 Å². The monoisotopic (exact) mass is 752 g/mol. The summed E-state index contributed by atoms with van der Waals surface area (Å²) in [5.41, 5.74) is 0.579. The van der Waals surface area contributed by atoms with Gasteiger partial charge in [0.2, 0.25) is 14.3 Å². The summed E-state index contributed by atoms with van der Waals surface area (Å²) in [4.78, 5) is 57.8. The van der Waals surface area contributed by atoms with E-state index in [1.54, 1.807) is 48.2 Å². The number of amides is 3. The minimum Gasteiger partial charge on any atom is -0.482 e. The van der Waals surface area contributed by atoms with Crippen LogP contribution in [0.2, 0.25) is 18.6 Å². The second-order valence-electron chi connectivity index (χ2n) is 14.5. The molecular formula is C40H41FN4O8Si. The van der Waals surface area contributed by atoms with Crippen molar-refractivity contribution in [1.82, 2.24) is 4.90 Å². The van der Waals surface area contributed by atoms with Crippen molar-refractivity contribution >= 4 is 48.9 Å². The van der Waals surface area contributed by atoms with Crippen LogP contribution < -0.4 is 14.5 Å². The number of carbonyl (C=O) groups is 3. The molecular weight excluding hydrogens is 712 g/mol. The van der Waals surface area contributed by atoms with Crippen LogP contribution in [0.4, 0.5) is 26.9 Å². The van der Waals surface area contributed by atoms with Crippen LogP contribution in [0.25, 0.3) is 0 Å². The summed E-state index contributed by atoms with van der Waals surface area (Å²) in [5, 5.41) is 21.8. The Hall–Kier alpha value is -5.44. The minimum absolute atomic E-state index is 0.0506. The zero-order valence-corrected chi connectivity index (χ0v) is 31.2. The van der Waals surface area contributed by atoms with E-state index < -0.39 is 42.4 Å². The van der Waals surface area contributed by atoms with E-state index in [0.717, 1.165) is 5.56 Å². The zero-order chi connectivity index (χ0) is 38.4. The number of rotatable bonds is 11. The number of non-ortho nitro benzene ring substituents is 1. The van der Waals surface area contributed by atoms with E-state index in [9.17, 15) is 29.6 Å². The van der Waals surface area contributed by atoms with Crippen LogP contribution in [0, 0.1) is 16.0 Å². The Morgan fingerprint density at radius 1 is 1.00 bits per heavy atom. The Morgan fingerprint density at radius 3 is 2.39 bits per heavy atom. The van der Waals surface area contributed by atoms with Gasteiger partial charge in [-0.2, -0.15) is 0 Å². The topological polar surface area (TPSA) is 143 Å². The maximum absolute atomic E-state index is 16.5. The SMILES string of the molecule is C[C@@H]1[C@@H]([Si](C)(C)F)[C@H](CC(=O)N(CCO)Cc2ccccc2)O[C@@]12C(=O)N(Cc1ccc(N3C(=O)COc4ccccc43)cc1)c1ccc([N+](=O)[O-])cc12. The summed E-state index contributed by atoms with van der Waals surface area (Å²) in [6, 6.07) is 27.8. The molecule has 3 heterocycles. The van der Waals surface area contributed by atoms with E-state index >= 15 is 4.11 Å².